The van der Waals surface area contributed by atoms with Gasteiger partial charge >= 0.3 is 0 Å². The molecule has 2 heteroatoms. The van der Waals surface area contributed by atoms with Crippen molar-refractivity contribution in [3.05, 3.63) is 68.5 Å². The lowest BCUT2D eigenvalue weighted by Gasteiger charge is -2.24. The molecule has 2 rings (SSSR count). The molecule has 2 aromatic carbocycles. The molecule has 112 valence electrons. The summed E-state index contributed by atoms with van der Waals surface area (Å²) in [5, 5.41) is 0. The number of rotatable bonds is 2. The first-order valence-electron chi connectivity index (χ1n) is 7.34. The zero-order chi connectivity index (χ0) is 15.9. The summed E-state index contributed by atoms with van der Waals surface area (Å²) in [5.74, 6) is -0.234. The average molecular weight is 285 g/mol. The number of nitrogens with two attached hydrogens (primary N) is 1. The SMILES string of the molecule is Cc1ccc(F)cc1C(N)c1c(C)c(C)c(C)c(C)c1C. The molecule has 0 bridgehead atoms. The molecule has 0 aliphatic heterocycles. The molecule has 0 aliphatic carbocycles. The summed E-state index contributed by atoms with van der Waals surface area (Å²) >= 11 is 0. The van der Waals surface area contributed by atoms with Gasteiger partial charge in [-0.05, 0) is 98.2 Å². The Morgan fingerprint density at radius 1 is 0.810 bits per heavy atom. The number of halogens is 1. The predicted octanol–water partition coefficient (Wildman–Crippen LogP) is 4.72. The predicted molar refractivity (Wildman–Crippen MR) is 87.3 cm³/mol. The van der Waals surface area contributed by atoms with Gasteiger partial charge in [-0.3, -0.25) is 0 Å². The van der Waals surface area contributed by atoms with Crippen molar-refractivity contribution in [1.82, 2.24) is 0 Å². The van der Waals surface area contributed by atoms with Crippen molar-refractivity contribution >= 4 is 0 Å². The van der Waals surface area contributed by atoms with Gasteiger partial charge in [0.05, 0.1) is 6.04 Å². The fraction of sp³-hybridized carbons (Fsp3) is 0.368. The van der Waals surface area contributed by atoms with Gasteiger partial charge in [-0.1, -0.05) is 6.07 Å². The molecule has 21 heavy (non-hydrogen) atoms. The number of hydrogen-bond acceptors (Lipinski definition) is 1. The first-order chi connectivity index (χ1) is 9.75. The molecule has 0 saturated carbocycles. The molecule has 0 aliphatic rings. The van der Waals surface area contributed by atoms with E-state index in [1.165, 1.54) is 33.9 Å². The van der Waals surface area contributed by atoms with Crippen LogP contribution in [0.25, 0.3) is 0 Å². The van der Waals surface area contributed by atoms with Gasteiger partial charge in [0, 0.05) is 0 Å². The van der Waals surface area contributed by atoms with E-state index < -0.39 is 0 Å². The highest BCUT2D eigenvalue weighted by atomic mass is 19.1. The molecule has 0 spiro atoms. The van der Waals surface area contributed by atoms with Crippen molar-refractivity contribution in [3.63, 3.8) is 0 Å². The van der Waals surface area contributed by atoms with Crippen molar-refractivity contribution in [3.8, 4) is 0 Å². The molecule has 2 N–H and O–H groups in total. The van der Waals surface area contributed by atoms with Gasteiger partial charge in [0.1, 0.15) is 5.82 Å². The minimum atomic E-state index is -0.293. The molecule has 2 aromatic rings. The van der Waals surface area contributed by atoms with Crippen LogP contribution in [-0.2, 0) is 0 Å². The normalized spacial score (nSPS) is 12.6. The van der Waals surface area contributed by atoms with Gasteiger partial charge in [0.2, 0.25) is 0 Å². The Morgan fingerprint density at radius 2 is 1.29 bits per heavy atom. The minimum Gasteiger partial charge on any atom is -0.320 e. The van der Waals surface area contributed by atoms with Crippen molar-refractivity contribution in [2.45, 2.75) is 47.6 Å². The summed E-state index contributed by atoms with van der Waals surface area (Å²) in [6.45, 7) is 12.6. The molecule has 0 saturated heterocycles. The van der Waals surface area contributed by atoms with Crippen LogP contribution in [0.15, 0.2) is 18.2 Å². The van der Waals surface area contributed by atoms with Crippen molar-refractivity contribution in [1.29, 1.82) is 0 Å². The fourth-order valence-corrected chi connectivity index (χ4v) is 3.10. The first-order valence-corrected chi connectivity index (χ1v) is 7.34. The first kappa shape index (κ1) is 15.7. The third kappa shape index (κ3) is 2.60. The van der Waals surface area contributed by atoms with Crippen LogP contribution in [-0.4, -0.2) is 0 Å². The highest BCUT2D eigenvalue weighted by Gasteiger charge is 2.20. The Bertz CT molecular complexity index is 672. The smallest absolute Gasteiger partial charge is 0.123 e. The maximum Gasteiger partial charge on any atom is 0.123 e. The monoisotopic (exact) mass is 285 g/mol. The third-order valence-electron chi connectivity index (χ3n) is 4.95. The average Bonchev–Trinajstić information content (AvgIpc) is 2.45. The second-order valence-corrected chi connectivity index (χ2v) is 6.02. The lowest BCUT2D eigenvalue weighted by atomic mass is 9.83. The third-order valence-corrected chi connectivity index (χ3v) is 4.95. The Morgan fingerprint density at radius 3 is 1.81 bits per heavy atom. The van der Waals surface area contributed by atoms with E-state index in [0.717, 1.165) is 16.7 Å². The Balaban J connectivity index is 2.69. The molecule has 0 fully saturated rings. The van der Waals surface area contributed by atoms with Crippen LogP contribution in [0.5, 0.6) is 0 Å². The van der Waals surface area contributed by atoms with Crippen LogP contribution in [0.4, 0.5) is 4.39 Å². The highest BCUT2D eigenvalue weighted by Crippen LogP contribution is 2.33. The molecule has 1 nitrogen and oxygen atoms in total. The zero-order valence-electron chi connectivity index (χ0n) is 13.8. The summed E-state index contributed by atoms with van der Waals surface area (Å²) in [6.07, 6.45) is 0. The van der Waals surface area contributed by atoms with Crippen LogP contribution in [0, 0.1) is 47.4 Å². The van der Waals surface area contributed by atoms with Crippen LogP contribution in [0.3, 0.4) is 0 Å². The van der Waals surface area contributed by atoms with Crippen LogP contribution < -0.4 is 5.73 Å². The number of hydrogen-bond donors (Lipinski definition) is 1. The largest absolute Gasteiger partial charge is 0.320 e. The minimum absolute atomic E-state index is 0.234. The molecular weight excluding hydrogens is 261 g/mol. The van der Waals surface area contributed by atoms with Gasteiger partial charge in [-0.25, -0.2) is 4.39 Å². The summed E-state index contributed by atoms with van der Waals surface area (Å²) in [4.78, 5) is 0. The summed E-state index contributed by atoms with van der Waals surface area (Å²) in [5.41, 5.74) is 15.8. The maximum atomic E-state index is 13.6. The Kier molecular flexibility index (Phi) is 4.20. The standard InChI is InChI=1S/C19H24FN/c1-10-7-8-16(20)9-17(10)19(21)18-14(5)12(3)11(2)13(4)15(18)6/h7-9,19H,21H2,1-6H3. The van der Waals surface area contributed by atoms with E-state index in [1.807, 2.05) is 6.92 Å². The van der Waals surface area contributed by atoms with E-state index in [1.54, 1.807) is 12.1 Å². The van der Waals surface area contributed by atoms with Crippen LogP contribution in [0.1, 0.15) is 50.5 Å². The summed E-state index contributed by atoms with van der Waals surface area (Å²) < 4.78 is 13.6. The molecule has 1 atom stereocenters. The number of benzene rings is 2. The quantitative estimate of drug-likeness (QED) is 0.848. The summed E-state index contributed by atoms with van der Waals surface area (Å²) in [7, 11) is 0. The van der Waals surface area contributed by atoms with Gasteiger partial charge in [0.15, 0.2) is 0 Å². The topological polar surface area (TPSA) is 26.0 Å². The fourth-order valence-electron chi connectivity index (χ4n) is 3.10. The lowest BCUT2D eigenvalue weighted by molar-refractivity contribution is 0.622. The maximum absolute atomic E-state index is 13.6. The van der Waals surface area contributed by atoms with E-state index in [0.29, 0.717) is 0 Å². The Hall–Kier alpha value is -1.67. The second kappa shape index (κ2) is 5.61. The van der Waals surface area contributed by atoms with Gasteiger partial charge < -0.3 is 5.73 Å². The van der Waals surface area contributed by atoms with Crippen molar-refractivity contribution < 1.29 is 4.39 Å². The molecule has 0 amide bonds. The van der Waals surface area contributed by atoms with Crippen molar-refractivity contribution in [2.24, 2.45) is 5.73 Å². The second-order valence-electron chi connectivity index (χ2n) is 6.02. The Labute approximate surface area is 127 Å². The molecule has 0 radical (unpaired) electrons. The number of aryl methyl sites for hydroxylation is 1. The van der Waals surface area contributed by atoms with Gasteiger partial charge in [-0.15, -0.1) is 0 Å². The zero-order valence-corrected chi connectivity index (χ0v) is 13.8. The van der Waals surface area contributed by atoms with Crippen LogP contribution in [0.2, 0.25) is 0 Å². The van der Waals surface area contributed by atoms with E-state index in [9.17, 15) is 4.39 Å². The van der Waals surface area contributed by atoms with E-state index in [4.69, 9.17) is 5.73 Å². The molecule has 0 aromatic heterocycles. The van der Waals surface area contributed by atoms with Gasteiger partial charge in [0.25, 0.3) is 0 Å². The lowest BCUT2D eigenvalue weighted by Crippen LogP contribution is -2.18. The van der Waals surface area contributed by atoms with E-state index in [2.05, 4.69) is 34.6 Å². The van der Waals surface area contributed by atoms with Crippen LogP contribution >= 0.6 is 0 Å². The molecule has 1 unspecified atom stereocenters. The van der Waals surface area contributed by atoms with Crippen molar-refractivity contribution in [2.75, 3.05) is 0 Å². The van der Waals surface area contributed by atoms with E-state index >= 15 is 0 Å². The molecule has 0 heterocycles. The highest BCUT2D eigenvalue weighted by molar-refractivity contribution is 5.53. The van der Waals surface area contributed by atoms with Gasteiger partial charge in [-0.2, -0.15) is 0 Å². The molecular formula is C19H24FN. The summed E-state index contributed by atoms with van der Waals surface area (Å²) in [6, 6.07) is 4.54. The van der Waals surface area contributed by atoms with E-state index in [-0.39, 0.29) is 11.9 Å².